The van der Waals surface area contributed by atoms with Gasteiger partial charge in [0, 0.05) is 24.3 Å². The molecule has 0 saturated carbocycles. The molecule has 0 radical (unpaired) electrons. The van der Waals surface area contributed by atoms with Crippen molar-refractivity contribution < 1.29 is 19.1 Å². The Labute approximate surface area is 130 Å². The molecule has 0 saturated heterocycles. The summed E-state index contributed by atoms with van der Waals surface area (Å²) >= 11 is 3.21. The van der Waals surface area contributed by atoms with Gasteiger partial charge in [-0.05, 0) is 18.2 Å². The summed E-state index contributed by atoms with van der Waals surface area (Å²) in [7, 11) is 3.15. The van der Waals surface area contributed by atoms with Gasteiger partial charge in [-0.3, -0.25) is 9.59 Å². The number of rotatable bonds is 5. The Morgan fingerprint density at radius 3 is 2.62 bits per heavy atom. The molecule has 0 bridgehead atoms. The standard InChI is InChI=1S/C13H16BrN3O4/c1-17(2)12(19)6-16-11(18)7-21-13(20)9-5-8(14)3-4-10(9)15/h3-5H,6-7,15H2,1-2H3,(H,16,18). The number of carbonyl (C=O) groups is 3. The molecule has 0 heterocycles. The van der Waals surface area contributed by atoms with Crippen LogP contribution in [0.5, 0.6) is 0 Å². The Morgan fingerprint density at radius 1 is 1.33 bits per heavy atom. The van der Waals surface area contributed by atoms with E-state index in [0.29, 0.717) is 4.47 Å². The molecule has 0 aliphatic carbocycles. The molecule has 0 aliphatic heterocycles. The molecule has 8 heteroatoms. The maximum atomic E-state index is 11.8. The first-order valence-corrected chi connectivity index (χ1v) is 6.79. The van der Waals surface area contributed by atoms with Crippen molar-refractivity contribution in [3.8, 4) is 0 Å². The number of ether oxygens (including phenoxy) is 1. The number of likely N-dealkylation sites (N-methyl/N-ethyl adjacent to an activating group) is 1. The van der Waals surface area contributed by atoms with Gasteiger partial charge >= 0.3 is 5.97 Å². The molecule has 114 valence electrons. The summed E-state index contributed by atoms with van der Waals surface area (Å²) in [6.45, 7) is -0.631. The van der Waals surface area contributed by atoms with Gasteiger partial charge in [-0.1, -0.05) is 15.9 Å². The van der Waals surface area contributed by atoms with E-state index in [4.69, 9.17) is 10.5 Å². The molecule has 0 atom stereocenters. The van der Waals surface area contributed by atoms with Crippen LogP contribution in [-0.4, -0.2) is 49.9 Å². The van der Waals surface area contributed by atoms with Gasteiger partial charge in [-0.2, -0.15) is 0 Å². The Kier molecular flexibility index (Phi) is 6.16. The zero-order valence-electron chi connectivity index (χ0n) is 11.7. The topological polar surface area (TPSA) is 102 Å². The fourth-order valence-electron chi connectivity index (χ4n) is 1.30. The number of hydrogen-bond donors (Lipinski definition) is 2. The summed E-state index contributed by atoms with van der Waals surface area (Å²) in [4.78, 5) is 35.9. The molecule has 3 N–H and O–H groups in total. The Morgan fingerprint density at radius 2 is 2.00 bits per heavy atom. The minimum atomic E-state index is -0.706. The Bertz CT molecular complexity index is 560. The number of anilines is 1. The third-order valence-corrected chi connectivity index (χ3v) is 3.00. The number of amides is 2. The van der Waals surface area contributed by atoms with E-state index in [1.54, 1.807) is 26.2 Å². The second-order valence-corrected chi connectivity index (χ2v) is 5.29. The lowest BCUT2D eigenvalue weighted by molar-refractivity contribution is -0.131. The number of esters is 1. The largest absolute Gasteiger partial charge is 0.452 e. The predicted octanol–water partition coefficient (Wildman–Crippen LogP) is 0.393. The first kappa shape index (κ1) is 17.0. The Balaban J connectivity index is 2.48. The molecule has 1 aromatic rings. The van der Waals surface area contributed by atoms with Crippen molar-refractivity contribution in [3.63, 3.8) is 0 Å². The van der Waals surface area contributed by atoms with Gasteiger partial charge < -0.3 is 20.7 Å². The summed E-state index contributed by atoms with van der Waals surface area (Å²) in [6.07, 6.45) is 0. The highest BCUT2D eigenvalue weighted by Gasteiger charge is 2.14. The van der Waals surface area contributed by atoms with Crippen LogP contribution in [0.4, 0.5) is 5.69 Å². The van der Waals surface area contributed by atoms with E-state index in [0.717, 1.165) is 0 Å². The van der Waals surface area contributed by atoms with E-state index in [-0.39, 0.29) is 23.7 Å². The normalized spacial score (nSPS) is 9.86. The highest BCUT2D eigenvalue weighted by molar-refractivity contribution is 9.10. The monoisotopic (exact) mass is 357 g/mol. The zero-order valence-corrected chi connectivity index (χ0v) is 13.3. The van der Waals surface area contributed by atoms with Gasteiger partial charge in [-0.25, -0.2) is 4.79 Å². The second kappa shape index (κ2) is 7.63. The van der Waals surface area contributed by atoms with E-state index in [1.165, 1.54) is 11.0 Å². The van der Waals surface area contributed by atoms with Crippen molar-refractivity contribution in [2.45, 2.75) is 0 Å². The lowest BCUT2D eigenvalue weighted by Crippen LogP contribution is -2.38. The quantitative estimate of drug-likeness (QED) is 0.586. The van der Waals surface area contributed by atoms with Crippen molar-refractivity contribution >= 4 is 39.4 Å². The number of halogens is 1. The number of carbonyl (C=O) groups excluding carboxylic acids is 3. The third kappa shape index (κ3) is 5.42. The van der Waals surface area contributed by atoms with Crippen LogP contribution in [0.1, 0.15) is 10.4 Å². The summed E-state index contributed by atoms with van der Waals surface area (Å²) in [5.74, 6) is -1.53. The number of nitrogens with two attached hydrogens (primary N) is 1. The van der Waals surface area contributed by atoms with E-state index in [2.05, 4.69) is 21.2 Å². The zero-order chi connectivity index (χ0) is 16.0. The van der Waals surface area contributed by atoms with Crippen molar-refractivity contribution in [2.24, 2.45) is 0 Å². The first-order valence-electron chi connectivity index (χ1n) is 6.00. The molecule has 0 aromatic heterocycles. The van der Waals surface area contributed by atoms with Gasteiger partial charge in [0.15, 0.2) is 6.61 Å². The van der Waals surface area contributed by atoms with Crippen LogP contribution in [0.3, 0.4) is 0 Å². The van der Waals surface area contributed by atoms with Gasteiger partial charge in [0.1, 0.15) is 0 Å². The van der Waals surface area contributed by atoms with Crippen molar-refractivity contribution in [3.05, 3.63) is 28.2 Å². The van der Waals surface area contributed by atoms with Crippen LogP contribution >= 0.6 is 15.9 Å². The highest BCUT2D eigenvalue weighted by atomic mass is 79.9. The van der Waals surface area contributed by atoms with Crippen LogP contribution in [0, 0.1) is 0 Å². The smallest absolute Gasteiger partial charge is 0.340 e. The SMILES string of the molecule is CN(C)C(=O)CNC(=O)COC(=O)c1cc(Br)ccc1N. The summed E-state index contributed by atoms with van der Waals surface area (Å²) in [5.41, 5.74) is 6.08. The summed E-state index contributed by atoms with van der Waals surface area (Å²) in [6, 6.07) is 4.74. The molecule has 7 nitrogen and oxygen atoms in total. The number of benzene rings is 1. The number of nitrogens with one attached hydrogen (secondary N) is 1. The highest BCUT2D eigenvalue weighted by Crippen LogP contribution is 2.19. The molecular weight excluding hydrogens is 342 g/mol. The molecule has 2 amide bonds. The number of hydrogen-bond acceptors (Lipinski definition) is 5. The van der Waals surface area contributed by atoms with E-state index in [1.807, 2.05) is 0 Å². The molecule has 0 aliphatic rings. The first-order chi connectivity index (χ1) is 9.81. The maximum absolute atomic E-state index is 11.8. The van der Waals surface area contributed by atoms with Gasteiger partial charge in [0.25, 0.3) is 5.91 Å². The predicted molar refractivity (Wildman–Crippen MR) is 80.5 cm³/mol. The summed E-state index contributed by atoms with van der Waals surface area (Å²) < 4.78 is 5.51. The molecular formula is C13H16BrN3O4. The van der Waals surface area contributed by atoms with Crippen LogP contribution in [0.25, 0.3) is 0 Å². The van der Waals surface area contributed by atoms with Crippen LogP contribution < -0.4 is 11.1 Å². The maximum Gasteiger partial charge on any atom is 0.340 e. The fraction of sp³-hybridized carbons (Fsp3) is 0.308. The molecule has 1 rings (SSSR count). The van der Waals surface area contributed by atoms with Crippen LogP contribution in [0.2, 0.25) is 0 Å². The molecule has 1 aromatic carbocycles. The van der Waals surface area contributed by atoms with Gasteiger partial charge in [0.2, 0.25) is 5.91 Å². The van der Waals surface area contributed by atoms with Crippen molar-refractivity contribution in [2.75, 3.05) is 33.0 Å². The molecule has 21 heavy (non-hydrogen) atoms. The molecule has 0 unspecified atom stereocenters. The number of nitrogens with zero attached hydrogens (tertiary/aromatic N) is 1. The van der Waals surface area contributed by atoms with Gasteiger partial charge in [0.05, 0.1) is 12.1 Å². The number of nitrogen functional groups attached to an aromatic ring is 1. The lowest BCUT2D eigenvalue weighted by atomic mass is 10.2. The molecule has 0 fully saturated rings. The minimum Gasteiger partial charge on any atom is -0.452 e. The van der Waals surface area contributed by atoms with Crippen LogP contribution in [-0.2, 0) is 14.3 Å². The summed E-state index contributed by atoms with van der Waals surface area (Å²) in [5, 5.41) is 2.35. The van der Waals surface area contributed by atoms with Crippen molar-refractivity contribution in [1.29, 1.82) is 0 Å². The minimum absolute atomic E-state index is 0.150. The Hall–Kier alpha value is -2.09. The average Bonchev–Trinajstić information content (AvgIpc) is 2.44. The van der Waals surface area contributed by atoms with E-state index in [9.17, 15) is 14.4 Å². The van der Waals surface area contributed by atoms with Crippen LogP contribution in [0.15, 0.2) is 22.7 Å². The lowest BCUT2D eigenvalue weighted by Gasteiger charge is -2.11. The molecule has 0 spiro atoms. The van der Waals surface area contributed by atoms with Crippen molar-refractivity contribution in [1.82, 2.24) is 10.2 Å². The van der Waals surface area contributed by atoms with Gasteiger partial charge in [-0.15, -0.1) is 0 Å². The third-order valence-electron chi connectivity index (χ3n) is 2.51. The van der Waals surface area contributed by atoms with E-state index < -0.39 is 18.5 Å². The van der Waals surface area contributed by atoms with E-state index >= 15 is 0 Å². The average molecular weight is 358 g/mol. The fourth-order valence-corrected chi connectivity index (χ4v) is 1.66. The second-order valence-electron chi connectivity index (χ2n) is 4.37.